The zero-order chi connectivity index (χ0) is 16.3. The fourth-order valence-corrected chi connectivity index (χ4v) is 3.72. The first kappa shape index (κ1) is 18.1. The number of thioether (sulfide) groups is 1. The Kier molecular flexibility index (Phi) is 8.32. The molecule has 1 aliphatic rings. The summed E-state index contributed by atoms with van der Waals surface area (Å²) in [6.07, 6.45) is 2.66. The van der Waals surface area contributed by atoms with Crippen LogP contribution in [0.15, 0.2) is 35.3 Å². The molecule has 0 spiro atoms. The van der Waals surface area contributed by atoms with Crippen LogP contribution in [0.25, 0.3) is 0 Å². The van der Waals surface area contributed by atoms with Crippen molar-refractivity contribution < 1.29 is 4.74 Å². The molecule has 1 aromatic rings. The topological polar surface area (TPSA) is 45.7 Å². The highest BCUT2D eigenvalue weighted by atomic mass is 32.2. The molecule has 0 saturated carbocycles. The summed E-state index contributed by atoms with van der Waals surface area (Å²) >= 11 is 2.06. The SMILES string of the molecule is CN=C(NCC(C)COCc1ccccc1)NCC1CCCS1. The van der Waals surface area contributed by atoms with E-state index < -0.39 is 0 Å². The predicted octanol–water partition coefficient (Wildman–Crippen LogP) is 2.90. The smallest absolute Gasteiger partial charge is 0.191 e. The van der Waals surface area contributed by atoms with Crippen molar-refractivity contribution in [2.75, 3.05) is 32.5 Å². The van der Waals surface area contributed by atoms with Crippen LogP contribution >= 0.6 is 11.8 Å². The van der Waals surface area contributed by atoms with Crippen LogP contribution in [0.4, 0.5) is 0 Å². The zero-order valence-corrected chi connectivity index (χ0v) is 15.1. The number of aliphatic imine (C=N–C) groups is 1. The lowest BCUT2D eigenvalue weighted by molar-refractivity contribution is 0.0931. The van der Waals surface area contributed by atoms with Crippen LogP contribution < -0.4 is 10.6 Å². The Morgan fingerprint density at radius 2 is 2.17 bits per heavy atom. The Morgan fingerprint density at radius 1 is 1.35 bits per heavy atom. The maximum absolute atomic E-state index is 5.79. The maximum atomic E-state index is 5.79. The van der Waals surface area contributed by atoms with E-state index in [9.17, 15) is 0 Å². The molecule has 1 saturated heterocycles. The Hall–Kier alpha value is -1.20. The molecular formula is C18H29N3OS. The molecule has 0 aliphatic carbocycles. The highest BCUT2D eigenvalue weighted by Gasteiger charge is 2.15. The fraction of sp³-hybridized carbons (Fsp3) is 0.611. The number of nitrogens with zero attached hydrogens (tertiary/aromatic N) is 1. The second-order valence-electron chi connectivity index (χ2n) is 6.07. The fourth-order valence-electron chi connectivity index (χ4n) is 2.52. The van der Waals surface area contributed by atoms with Gasteiger partial charge in [0.25, 0.3) is 0 Å². The number of hydrogen-bond donors (Lipinski definition) is 2. The number of nitrogens with one attached hydrogen (secondary N) is 2. The Bertz CT molecular complexity index is 461. The first-order valence-corrected chi connectivity index (χ1v) is 9.50. The molecule has 2 unspecified atom stereocenters. The van der Waals surface area contributed by atoms with Gasteiger partial charge >= 0.3 is 0 Å². The van der Waals surface area contributed by atoms with Gasteiger partial charge in [-0.2, -0.15) is 11.8 Å². The van der Waals surface area contributed by atoms with Crippen LogP contribution in [0.3, 0.4) is 0 Å². The van der Waals surface area contributed by atoms with Crippen molar-refractivity contribution in [1.82, 2.24) is 10.6 Å². The summed E-state index contributed by atoms with van der Waals surface area (Å²) in [5.74, 6) is 2.64. The van der Waals surface area contributed by atoms with Crippen molar-refractivity contribution in [3.63, 3.8) is 0 Å². The Morgan fingerprint density at radius 3 is 2.87 bits per heavy atom. The molecule has 128 valence electrons. The molecule has 0 bridgehead atoms. The molecule has 1 aromatic carbocycles. The summed E-state index contributed by atoms with van der Waals surface area (Å²) in [5, 5.41) is 7.55. The third kappa shape index (κ3) is 7.27. The van der Waals surface area contributed by atoms with Gasteiger partial charge in [0.1, 0.15) is 0 Å². The van der Waals surface area contributed by atoms with E-state index in [2.05, 4.69) is 46.4 Å². The summed E-state index contributed by atoms with van der Waals surface area (Å²) < 4.78 is 5.79. The first-order valence-electron chi connectivity index (χ1n) is 8.45. The summed E-state index contributed by atoms with van der Waals surface area (Å²) in [7, 11) is 1.83. The molecule has 2 atom stereocenters. The lowest BCUT2D eigenvalue weighted by atomic mass is 10.2. The van der Waals surface area contributed by atoms with Crippen LogP contribution in [0.2, 0.25) is 0 Å². The number of hydrogen-bond acceptors (Lipinski definition) is 3. The molecule has 5 heteroatoms. The van der Waals surface area contributed by atoms with Gasteiger partial charge in [0.2, 0.25) is 0 Å². The number of benzene rings is 1. The van der Waals surface area contributed by atoms with E-state index in [1.165, 1.54) is 24.2 Å². The molecule has 1 heterocycles. The largest absolute Gasteiger partial charge is 0.376 e. The third-order valence-corrected chi connectivity index (χ3v) is 5.27. The third-order valence-electron chi connectivity index (χ3n) is 3.88. The Labute approximate surface area is 144 Å². The lowest BCUT2D eigenvalue weighted by Crippen LogP contribution is -2.42. The van der Waals surface area contributed by atoms with E-state index in [1.54, 1.807) is 0 Å². The van der Waals surface area contributed by atoms with E-state index in [-0.39, 0.29) is 0 Å². The van der Waals surface area contributed by atoms with Crippen molar-refractivity contribution in [2.45, 2.75) is 31.6 Å². The minimum absolute atomic E-state index is 0.443. The number of rotatable bonds is 8. The zero-order valence-electron chi connectivity index (χ0n) is 14.3. The molecule has 4 nitrogen and oxygen atoms in total. The van der Waals surface area contributed by atoms with Crippen molar-refractivity contribution in [1.29, 1.82) is 0 Å². The highest BCUT2D eigenvalue weighted by Crippen LogP contribution is 2.25. The molecule has 23 heavy (non-hydrogen) atoms. The van der Waals surface area contributed by atoms with E-state index in [0.29, 0.717) is 12.5 Å². The average Bonchev–Trinajstić information content (AvgIpc) is 3.09. The van der Waals surface area contributed by atoms with Gasteiger partial charge in [0.15, 0.2) is 5.96 Å². The van der Waals surface area contributed by atoms with Crippen molar-refractivity contribution >= 4 is 17.7 Å². The summed E-state index contributed by atoms with van der Waals surface area (Å²) in [6.45, 7) is 5.49. The van der Waals surface area contributed by atoms with Crippen LogP contribution in [0, 0.1) is 5.92 Å². The minimum atomic E-state index is 0.443. The predicted molar refractivity (Wildman–Crippen MR) is 100 cm³/mol. The molecule has 1 aliphatic heterocycles. The van der Waals surface area contributed by atoms with Crippen molar-refractivity contribution in [3.8, 4) is 0 Å². The van der Waals surface area contributed by atoms with Gasteiger partial charge in [-0.25, -0.2) is 0 Å². The van der Waals surface area contributed by atoms with Crippen molar-refractivity contribution in [3.05, 3.63) is 35.9 Å². The second-order valence-corrected chi connectivity index (χ2v) is 7.48. The Balaban J connectivity index is 1.57. The number of guanidine groups is 1. The minimum Gasteiger partial charge on any atom is -0.376 e. The van der Waals surface area contributed by atoms with Gasteiger partial charge in [0, 0.05) is 25.4 Å². The standard InChI is InChI=1S/C18H29N3OS/c1-15(13-22-14-16-7-4-3-5-8-16)11-20-18(19-2)21-12-17-9-6-10-23-17/h3-5,7-8,15,17H,6,9-14H2,1-2H3,(H2,19,20,21). The molecule has 0 radical (unpaired) electrons. The maximum Gasteiger partial charge on any atom is 0.191 e. The van der Waals surface area contributed by atoms with Gasteiger partial charge in [-0.05, 0) is 30.1 Å². The van der Waals surface area contributed by atoms with Crippen molar-refractivity contribution in [2.24, 2.45) is 10.9 Å². The van der Waals surface area contributed by atoms with Crippen LogP contribution in [-0.4, -0.2) is 43.7 Å². The second kappa shape index (κ2) is 10.6. The molecule has 0 amide bonds. The van der Waals surface area contributed by atoms with Crippen LogP contribution in [0.1, 0.15) is 25.3 Å². The molecule has 0 aromatic heterocycles. The van der Waals surface area contributed by atoms with E-state index in [0.717, 1.165) is 30.9 Å². The quantitative estimate of drug-likeness (QED) is 0.566. The molecule has 1 fully saturated rings. The van der Waals surface area contributed by atoms with E-state index >= 15 is 0 Å². The van der Waals surface area contributed by atoms with Gasteiger partial charge in [-0.3, -0.25) is 4.99 Å². The monoisotopic (exact) mass is 335 g/mol. The lowest BCUT2D eigenvalue weighted by Gasteiger charge is -2.17. The summed E-state index contributed by atoms with van der Waals surface area (Å²) in [4.78, 5) is 4.29. The van der Waals surface area contributed by atoms with Crippen LogP contribution in [0.5, 0.6) is 0 Å². The molecular weight excluding hydrogens is 306 g/mol. The summed E-state index contributed by atoms with van der Waals surface area (Å²) in [6, 6.07) is 10.3. The number of ether oxygens (including phenoxy) is 1. The highest BCUT2D eigenvalue weighted by molar-refractivity contribution is 8.00. The normalized spacial score (nSPS) is 19.6. The van der Waals surface area contributed by atoms with E-state index in [4.69, 9.17) is 4.74 Å². The van der Waals surface area contributed by atoms with Gasteiger partial charge in [0.05, 0.1) is 13.2 Å². The first-order chi connectivity index (χ1) is 11.3. The van der Waals surface area contributed by atoms with Gasteiger partial charge in [-0.15, -0.1) is 0 Å². The van der Waals surface area contributed by atoms with Gasteiger partial charge in [-0.1, -0.05) is 37.3 Å². The van der Waals surface area contributed by atoms with Crippen LogP contribution in [-0.2, 0) is 11.3 Å². The average molecular weight is 336 g/mol. The molecule has 2 N–H and O–H groups in total. The van der Waals surface area contributed by atoms with Gasteiger partial charge < -0.3 is 15.4 Å². The van der Waals surface area contributed by atoms with E-state index in [1.807, 2.05) is 25.2 Å². The molecule has 2 rings (SSSR count). The summed E-state index contributed by atoms with van der Waals surface area (Å²) in [5.41, 5.74) is 1.22.